The molecule has 2 aromatic rings. The van der Waals surface area contributed by atoms with Crippen molar-refractivity contribution in [2.75, 3.05) is 18.4 Å². The van der Waals surface area contributed by atoms with Crippen molar-refractivity contribution in [3.05, 3.63) is 35.7 Å². The van der Waals surface area contributed by atoms with Gasteiger partial charge in [-0.25, -0.2) is 4.68 Å². The molecule has 1 aromatic carbocycles. The van der Waals surface area contributed by atoms with Crippen LogP contribution in [-0.2, 0) is 18.0 Å². The van der Waals surface area contributed by atoms with Crippen molar-refractivity contribution in [1.29, 1.82) is 0 Å². The number of nitrogens with zero attached hydrogens (tertiary/aromatic N) is 3. The van der Waals surface area contributed by atoms with Crippen LogP contribution in [0, 0.1) is 0 Å². The summed E-state index contributed by atoms with van der Waals surface area (Å²) in [6.45, 7) is 3.15. The van der Waals surface area contributed by atoms with Crippen LogP contribution in [0.15, 0.2) is 24.3 Å². The van der Waals surface area contributed by atoms with Gasteiger partial charge in [-0.3, -0.25) is 10.1 Å². The Kier molecular flexibility index (Phi) is 5.87. The second-order valence-electron chi connectivity index (χ2n) is 6.68. The topological polar surface area (TPSA) is 81.1 Å². The summed E-state index contributed by atoms with van der Waals surface area (Å²) in [5.74, 6) is 0.0918. The van der Waals surface area contributed by atoms with E-state index in [-0.39, 0.29) is 11.9 Å². The van der Waals surface area contributed by atoms with Crippen LogP contribution in [0.1, 0.15) is 37.1 Å². The number of halogens is 3. The van der Waals surface area contributed by atoms with Crippen molar-refractivity contribution in [2.24, 2.45) is 7.05 Å². The number of anilines is 1. The Morgan fingerprint density at radius 2 is 2.00 bits per heavy atom. The quantitative estimate of drug-likeness (QED) is 0.811. The summed E-state index contributed by atoms with van der Waals surface area (Å²) >= 11 is 0. The molecule has 28 heavy (non-hydrogen) atoms. The number of aromatic nitrogens is 3. The summed E-state index contributed by atoms with van der Waals surface area (Å²) in [6, 6.07) is 4.78. The minimum atomic E-state index is -4.57. The highest BCUT2D eigenvalue weighted by atomic mass is 19.4. The van der Waals surface area contributed by atoms with Gasteiger partial charge in [0, 0.05) is 13.0 Å². The summed E-state index contributed by atoms with van der Waals surface area (Å²) < 4.78 is 45.9. The van der Waals surface area contributed by atoms with E-state index < -0.39 is 29.5 Å². The van der Waals surface area contributed by atoms with Crippen LogP contribution in [-0.4, -0.2) is 39.9 Å². The standard InChI is InChI=1S/C18H22F3N5O2/c1-11(28-14-6-4-3-5-13(14)18(19,20)21)16(27)24-17-23-15(25-26(17)2)12-7-9-22-10-8-12/h3-6,11-12,22H,7-10H2,1-2H3,(H,23,24,25,27). The summed E-state index contributed by atoms with van der Waals surface area (Å²) in [4.78, 5) is 16.8. The maximum atomic E-state index is 13.1. The van der Waals surface area contributed by atoms with Gasteiger partial charge in [0.2, 0.25) is 5.95 Å². The highest BCUT2D eigenvalue weighted by molar-refractivity contribution is 5.92. The number of hydrogen-bond acceptors (Lipinski definition) is 5. The number of carbonyl (C=O) groups is 1. The number of carbonyl (C=O) groups excluding carboxylic acids is 1. The number of alkyl halides is 3. The molecule has 1 amide bonds. The molecule has 1 aromatic heterocycles. The Hall–Kier alpha value is -2.62. The maximum Gasteiger partial charge on any atom is 0.419 e. The molecule has 0 spiro atoms. The fourth-order valence-electron chi connectivity index (χ4n) is 3.03. The van der Waals surface area contributed by atoms with Crippen molar-refractivity contribution in [3.8, 4) is 5.75 Å². The average molecular weight is 397 g/mol. The molecule has 1 saturated heterocycles. The molecule has 10 heteroatoms. The number of ether oxygens (including phenoxy) is 1. The van der Waals surface area contributed by atoms with Crippen LogP contribution >= 0.6 is 0 Å². The smallest absolute Gasteiger partial charge is 0.419 e. The SMILES string of the molecule is CC(Oc1ccccc1C(F)(F)F)C(=O)Nc1nc(C2CCNCC2)nn1C. The van der Waals surface area contributed by atoms with Gasteiger partial charge in [-0.15, -0.1) is 0 Å². The van der Waals surface area contributed by atoms with Crippen LogP contribution in [0.25, 0.3) is 0 Å². The van der Waals surface area contributed by atoms with Gasteiger partial charge in [-0.2, -0.15) is 23.3 Å². The van der Waals surface area contributed by atoms with E-state index in [1.165, 1.54) is 29.8 Å². The molecule has 3 rings (SSSR count). The van der Waals surface area contributed by atoms with Gasteiger partial charge in [0.1, 0.15) is 5.75 Å². The first kappa shape index (κ1) is 20.1. The Labute approximate surface area is 160 Å². The van der Waals surface area contributed by atoms with E-state index in [0.29, 0.717) is 5.82 Å². The summed E-state index contributed by atoms with van der Waals surface area (Å²) in [6.07, 6.45) is -3.90. The number of piperidine rings is 1. The van der Waals surface area contributed by atoms with Gasteiger partial charge in [0.15, 0.2) is 11.9 Å². The Morgan fingerprint density at radius 3 is 2.68 bits per heavy atom. The van der Waals surface area contributed by atoms with Crippen LogP contribution in [0.3, 0.4) is 0 Å². The first-order valence-corrected chi connectivity index (χ1v) is 9.01. The van der Waals surface area contributed by atoms with Crippen LogP contribution in [0.5, 0.6) is 5.75 Å². The lowest BCUT2D eigenvalue weighted by Crippen LogP contribution is -2.31. The number of rotatable bonds is 5. The summed E-state index contributed by atoms with van der Waals surface area (Å²) in [5.41, 5.74) is -0.929. The summed E-state index contributed by atoms with van der Waals surface area (Å²) in [7, 11) is 1.65. The van der Waals surface area contributed by atoms with Gasteiger partial charge >= 0.3 is 6.18 Å². The zero-order valence-corrected chi connectivity index (χ0v) is 15.6. The molecule has 1 aliphatic rings. The summed E-state index contributed by atoms with van der Waals surface area (Å²) in [5, 5.41) is 10.2. The van der Waals surface area contributed by atoms with Crippen LogP contribution < -0.4 is 15.4 Å². The normalized spacial score (nSPS) is 16.6. The second-order valence-corrected chi connectivity index (χ2v) is 6.68. The van der Waals surface area contributed by atoms with Crippen LogP contribution in [0.4, 0.5) is 19.1 Å². The molecule has 152 valence electrons. The molecule has 0 radical (unpaired) electrons. The lowest BCUT2D eigenvalue weighted by atomic mass is 9.98. The number of benzene rings is 1. The van der Waals surface area contributed by atoms with E-state index in [4.69, 9.17) is 4.74 Å². The first-order chi connectivity index (χ1) is 13.3. The Morgan fingerprint density at radius 1 is 1.32 bits per heavy atom. The lowest BCUT2D eigenvalue weighted by molar-refractivity contribution is -0.140. The van der Waals surface area contributed by atoms with E-state index in [9.17, 15) is 18.0 Å². The van der Waals surface area contributed by atoms with E-state index >= 15 is 0 Å². The third-order valence-electron chi connectivity index (χ3n) is 4.58. The average Bonchev–Trinajstić information content (AvgIpc) is 3.02. The van der Waals surface area contributed by atoms with Gasteiger partial charge in [-0.05, 0) is 45.0 Å². The minimum absolute atomic E-state index is 0.213. The van der Waals surface area contributed by atoms with E-state index in [1.807, 2.05) is 0 Å². The predicted molar refractivity (Wildman–Crippen MR) is 96.0 cm³/mol. The predicted octanol–water partition coefficient (Wildman–Crippen LogP) is 2.71. The van der Waals surface area contributed by atoms with Gasteiger partial charge in [-0.1, -0.05) is 12.1 Å². The maximum absolute atomic E-state index is 13.1. The first-order valence-electron chi connectivity index (χ1n) is 9.01. The largest absolute Gasteiger partial charge is 0.480 e. The highest BCUT2D eigenvalue weighted by Crippen LogP contribution is 2.36. The highest BCUT2D eigenvalue weighted by Gasteiger charge is 2.35. The van der Waals surface area contributed by atoms with Crippen molar-refractivity contribution in [1.82, 2.24) is 20.1 Å². The number of hydrogen-bond donors (Lipinski definition) is 2. The third kappa shape index (κ3) is 4.61. The van der Waals surface area contributed by atoms with Crippen molar-refractivity contribution < 1.29 is 22.7 Å². The van der Waals surface area contributed by atoms with E-state index in [1.54, 1.807) is 7.05 Å². The Bertz CT molecular complexity index is 831. The minimum Gasteiger partial charge on any atom is -0.480 e. The molecular weight excluding hydrogens is 375 g/mol. The zero-order valence-electron chi connectivity index (χ0n) is 15.6. The molecule has 1 unspecified atom stereocenters. The number of amides is 1. The number of nitrogens with one attached hydrogen (secondary N) is 2. The Balaban J connectivity index is 1.68. The van der Waals surface area contributed by atoms with Crippen molar-refractivity contribution >= 4 is 11.9 Å². The zero-order chi connectivity index (χ0) is 20.3. The van der Waals surface area contributed by atoms with Crippen molar-refractivity contribution in [2.45, 2.75) is 38.0 Å². The number of aryl methyl sites for hydroxylation is 1. The van der Waals surface area contributed by atoms with Gasteiger partial charge < -0.3 is 10.1 Å². The molecule has 1 aliphatic heterocycles. The van der Waals surface area contributed by atoms with E-state index in [2.05, 4.69) is 20.7 Å². The molecular formula is C18H22F3N5O2. The monoisotopic (exact) mass is 397 g/mol. The van der Waals surface area contributed by atoms with Gasteiger partial charge in [0.25, 0.3) is 5.91 Å². The van der Waals surface area contributed by atoms with E-state index in [0.717, 1.165) is 32.0 Å². The molecule has 1 fully saturated rings. The fourth-order valence-corrected chi connectivity index (χ4v) is 3.03. The molecule has 1 atom stereocenters. The number of para-hydroxylation sites is 1. The molecule has 2 heterocycles. The van der Waals surface area contributed by atoms with Crippen LogP contribution in [0.2, 0.25) is 0 Å². The molecule has 0 aliphatic carbocycles. The molecule has 0 bridgehead atoms. The van der Waals surface area contributed by atoms with Gasteiger partial charge in [0.05, 0.1) is 5.56 Å². The second kappa shape index (κ2) is 8.17. The molecule has 2 N–H and O–H groups in total. The molecule has 7 nitrogen and oxygen atoms in total. The third-order valence-corrected chi connectivity index (χ3v) is 4.58. The fraction of sp³-hybridized carbons (Fsp3) is 0.500. The lowest BCUT2D eigenvalue weighted by Gasteiger charge is -2.19. The van der Waals surface area contributed by atoms with Crippen molar-refractivity contribution in [3.63, 3.8) is 0 Å². The molecule has 0 saturated carbocycles.